The van der Waals surface area contributed by atoms with Gasteiger partial charge >= 0.3 is 6.01 Å². The van der Waals surface area contributed by atoms with Gasteiger partial charge < -0.3 is 15.5 Å². The normalized spacial score (nSPS) is 12.6. The van der Waals surface area contributed by atoms with Crippen LogP contribution in [0, 0.1) is 16.7 Å². The minimum absolute atomic E-state index is 0.0503. The number of aryl methyl sites for hydroxylation is 1. The monoisotopic (exact) mass is 381 g/mol. The lowest BCUT2D eigenvalue weighted by molar-refractivity contribution is 0.0881. The maximum absolute atomic E-state index is 13.1. The Morgan fingerprint density at radius 3 is 2.75 bits per heavy atom. The van der Waals surface area contributed by atoms with Crippen LogP contribution in [0.3, 0.4) is 0 Å². The van der Waals surface area contributed by atoms with Crippen molar-refractivity contribution in [1.82, 2.24) is 25.3 Å². The van der Waals surface area contributed by atoms with Crippen LogP contribution >= 0.6 is 0 Å². The number of nitriles is 1. The van der Waals surface area contributed by atoms with E-state index < -0.39 is 6.04 Å². The van der Waals surface area contributed by atoms with Crippen molar-refractivity contribution in [2.45, 2.75) is 46.2 Å². The third-order valence-corrected chi connectivity index (χ3v) is 4.38. The number of carbonyl (C=O) groups excluding carboxylic acids is 1. The maximum atomic E-state index is 13.1. The maximum Gasteiger partial charge on any atom is 0.312 e. The van der Waals surface area contributed by atoms with Gasteiger partial charge in [-0.25, -0.2) is 0 Å². The minimum atomic E-state index is -0.535. The van der Waals surface area contributed by atoms with Crippen LogP contribution in [0.1, 0.15) is 56.0 Å². The molecule has 3 rings (SSSR count). The van der Waals surface area contributed by atoms with Crippen molar-refractivity contribution < 1.29 is 9.21 Å². The average Bonchev–Trinajstić information content (AvgIpc) is 3.23. The number of nitrogen functional groups attached to an aromatic ring is 1. The third kappa shape index (κ3) is 3.96. The predicted molar refractivity (Wildman–Crippen MR) is 103 cm³/mol. The highest BCUT2D eigenvalue weighted by Crippen LogP contribution is 2.33. The number of nitrogens with two attached hydrogens (primary N) is 1. The molecule has 0 spiro atoms. The molecule has 0 bridgehead atoms. The summed E-state index contributed by atoms with van der Waals surface area (Å²) in [7, 11) is 0. The third-order valence-electron chi connectivity index (χ3n) is 4.38. The molecule has 0 aliphatic rings. The van der Waals surface area contributed by atoms with E-state index in [2.05, 4.69) is 26.7 Å². The number of hydrogen-bond donors (Lipinski definition) is 2. The first kappa shape index (κ1) is 19.4. The van der Waals surface area contributed by atoms with E-state index in [1.165, 1.54) is 0 Å². The van der Waals surface area contributed by atoms with Gasteiger partial charge in [-0.05, 0) is 17.9 Å². The highest BCUT2D eigenvalue weighted by atomic mass is 16.4. The van der Waals surface area contributed by atoms with E-state index >= 15 is 0 Å². The zero-order chi connectivity index (χ0) is 20.3. The van der Waals surface area contributed by atoms with Crippen molar-refractivity contribution in [3.05, 3.63) is 35.9 Å². The Morgan fingerprint density at radius 1 is 1.36 bits per heavy atom. The molecule has 0 saturated heterocycles. The molecule has 146 valence electrons. The molecule has 1 aromatic carbocycles. The minimum Gasteiger partial charge on any atom is -0.406 e. The van der Waals surface area contributed by atoms with Crippen LogP contribution in [0.25, 0.3) is 10.9 Å². The Balaban J connectivity index is 1.93. The predicted octanol–water partition coefficient (Wildman–Crippen LogP) is 2.82. The largest absolute Gasteiger partial charge is 0.406 e. The summed E-state index contributed by atoms with van der Waals surface area (Å²) in [5, 5.41) is 24.6. The first-order valence-corrected chi connectivity index (χ1v) is 9.03. The van der Waals surface area contributed by atoms with Crippen LogP contribution in [-0.2, 0) is 6.54 Å². The van der Waals surface area contributed by atoms with E-state index in [1.54, 1.807) is 4.68 Å². The molecular formula is C19H23N7O2. The SMILES string of the molecule is CC(C)(C)C(NC(=O)c1nn(CCCC#N)c2ccccc12)c1nnc(N)o1. The van der Waals surface area contributed by atoms with Crippen molar-refractivity contribution in [3.63, 3.8) is 0 Å². The number of anilines is 1. The Kier molecular flexibility index (Phi) is 5.31. The van der Waals surface area contributed by atoms with E-state index in [1.807, 2.05) is 45.0 Å². The van der Waals surface area contributed by atoms with Gasteiger partial charge in [0.25, 0.3) is 5.91 Å². The van der Waals surface area contributed by atoms with E-state index in [4.69, 9.17) is 15.4 Å². The lowest BCUT2D eigenvalue weighted by atomic mass is 9.86. The van der Waals surface area contributed by atoms with Crippen molar-refractivity contribution in [3.8, 4) is 6.07 Å². The number of unbranched alkanes of at least 4 members (excludes halogenated alkanes) is 1. The Hall–Kier alpha value is -3.41. The molecular weight excluding hydrogens is 358 g/mol. The number of benzene rings is 1. The molecule has 0 fully saturated rings. The number of amides is 1. The number of para-hydroxylation sites is 1. The summed E-state index contributed by atoms with van der Waals surface area (Å²) >= 11 is 0. The van der Waals surface area contributed by atoms with Gasteiger partial charge in [-0.1, -0.05) is 44.1 Å². The fourth-order valence-electron chi connectivity index (χ4n) is 2.98. The summed E-state index contributed by atoms with van der Waals surface area (Å²) < 4.78 is 7.11. The van der Waals surface area contributed by atoms with Gasteiger partial charge in [-0.3, -0.25) is 9.48 Å². The molecule has 9 heteroatoms. The van der Waals surface area contributed by atoms with Gasteiger partial charge in [0.1, 0.15) is 6.04 Å². The summed E-state index contributed by atoms with van der Waals surface area (Å²) in [6.07, 6.45) is 1.09. The summed E-state index contributed by atoms with van der Waals surface area (Å²) in [6.45, 7) is 6.43. The molecule has 0 aliphatic carbocycles. The van der Waals surface area contributed by atoms with Gasteiger partial charge in [0.05, 0.1) is 11.6 Å². The summed E-state index contributed by atoms with van der Waals surface area (Å²) in [4.78, 5) is 13.1. The Labute approximate surface area is 162 Å². The molecule has 0 saturated carbocycles. The molecule has 1 amide bonds. The number of aromatic nitrogens is 4. The van der Waals surface area contributed by atoms with Crippen molar-refractivity contribution in [2.75, 3.05) is 5.73 Å². The number of carbonyl (C=O) groups is 1. The topological polar surface area (TPSA) is 136 Å². The second-order valence-corrected chi connectivity index (χ2v) is 7.60. The molecule has 2 aromatic heterocycles. The lowest BCUT2D eigenvalue weighted by Crippen LogP contribution is -2.37. The molecule has 3 aromatic rings. The summed E-state index contributed by atoms with van der Waals surface area (Å²) in [5.74, 6) is -0.0944. The molecule has 3 N–H and O–H groups in total. The van der Waals surface area contributed by atoms with Crippen LogP contribution in [0.15, 0.2) is 28.7 Å². The Bertz CT molecular complexity index is 1020. The fourth-order valence-corrected chi connectivity index (χ4v) is 2.98. The van der Waals surface area contributed by atoms with E-state index in [0.29, 0.717) is 25.1 Å². The summed E-state index contributed by atoms with van der Waals surface area (Å²) in [5.41, 5.74) is 6.32. The quantitative estimate of drug-likeness (QED) is 0.627. The van der Waals surface area contributed by atoms with E-state index in [-0.39, 0.29) is 23.2 Å². The van der Waals surface area contributed by atoms with Crippen molar-refractivity contribution in [2.24, 2.45) is 5.41 Å². The first-order valence-electron chi connectivity index (χ1n) is 9.03. The number of nitrogens with one attached hydrogen (secondary N) is 1. The first-order chi connectivity index (χ1) is 13.3. The number of fused-ring (bicyclic) bond motifs is 1. The average molecular weight is 381 g/mol. The molecule has 1 atom stereocenters. The van der Waals surface area contributed by atoms with Crippen LogP contribution in [0.2, 0.25) is 0 Å². The van der Waals surface area contributed by atoms with Crippen LogP contribution < -0.4 is 11.1 Å². The van der Waals surface area contributed by atoms with Gasteiger partial charge in [-0.2, -0.15) is 10.4 Å². The zero-order valence-electron chi connectivity index (χ0n) is 16.1. The van der Waals surface area contributed by atoms with Crippen LogP contribution in [0.4, 0.5) is 6.01 Å². The molecule has 0 radical (unpaired) electrons. The number of hydrogen-bond acceptors (Lipinski definition) is 7. The smallest absolute Gasteiger partial charge is 0.312 e. The van der Waals surface area contributed by atoms with E-state index in [0.717, 1.165) is 10.9 Å². The van der Waals surface area contributed by atoms with Crippen molar-refractivity contribution in [1.29, 1.82) is 5.26 Å². The van der Waals surface area contributed by atoms with Gasteiger partial charge in [0.2, 0.25) is 5.89 Å². The standard InChI is InChI=1S/C19H23N7O2/c1-19(2,3)15(17-23-24-18(21)28-17)22-16(27)14-12-8-4-5-9-13(12)26(25-14)11-7-6-10-20/h4-5,8-9,15H,6-7,11H2,1-3H3,(H2,21,24)(H,22,27). The van der Waals surface area contributed by atoms with E-state index in [9.17, 15) is 4.79 Å². The van der Waals surface area contributed by atoms with Crippen LogP contribution in [-0.4, -0.2) is 25.9 Å². The highest BCUT2D eigenvalue weighted by molar-refractivity contribution is 6.05. The molecule has 0 aliphatic heterocycles. The Morgan fingerprint density at radius 2 is 2.11 bits per heavy atom. The number of nitrogens with zero attached hydrogens (tertiary/aromatic N) is 5. The molecule has 28 heavy (non-hydrogen) atoms. The fraction of sp³-hybridized carbons (Fsp3) is 0.421. The van der Waals surface area contributed by atoms with Crippen molar-refractivity contribution >= 4 is 22.8 Å². The number of rotatable bonds is 6. The van der Waals surface area contributed by atoms with Gasteiger partial charge in [0.15, 0.2) is 5.69 Å². The zero-order valence-corrected chi connectivity index (χ0v) is 16.1. The highest BCUT2D eigenvalue weighted by Gasteiger charge is 2.33. The second-order valence-electron chi connectivity index (χ2n) is 7.60. The lowest BCUT2D eigenvalue weighted by Gasteiger charge is -2.28. The second kappa shape index (κ2) is 7.68. The molecule has 9 nitrogen and oxygen atoms in total. The van der Waals surface area contributed by atoms with Gasteiger partial charge in [-0.15, -0.1) is 5.10 Å². The van der Waals surface area contributed by atoms with Crippen LogP contribution in [0.5, 0.6) is 0 Å². The molecule has 1 unspecified atom stereocenters. The molecule has 2 heterocycles. The van der Waals surface area contributed by atoms with Gasteiger partial charge in [0, 0.05) is 18.4 Å². The summed E-state index contributed by atoms with van der Waals surface area (Å²) in [6, 6.07) is 9.06.